The molecule has 2 rings (SSSR count). The van der Waals surface area contributed by atoms with Gasteiger partial charge in [-0.2, -0.15) is 4.31 Å². The van der Waals surface area contributed by atoms with Crippen molar-refractivity contribution in [3.05, 3.63) is 14.7 Å². The van der Waals surface area contributed by atoms with Gasteiger partial charge in [-0.15, -0.1) is 11.3 Å². The van der Waals surface area contributed by atoms with E-state index in [1.54, 1.807) is 0 Å². The average molecular weight is 398 g/mol. The summed E-state index contributed by atoms with van der Waals surface area (Å²) >= 11 is 4.22. The van der Waals surface area contributed by atoms with Crippen molar-refractivity contribution in [1.82, 2.24) is 4.31 Å². The number of aliphatic hydroxyl groups is 1. The Kier molecular flexibility index (Phi) is 5.42. The van der Waals surface area contributed by atoms with Crippen LogP contribution in [0, 0.1) is 0 Å². The van der Waals surface area contributed by atoms with Gasteiger partial charge in [-0.1, -0.05) is 6.42 Å². The maximum atomic E-state index is 12.7. The number of nitrogens with zero attached hydrogens (tertiary/aromatic N) is 1. The zero-order valence-electron chi connectivity index (χ0n) is 11.4. The van der Waals surface area contributed by atoms with Crippen LogP contribution in [0.1, 0.15) is 28.9 Å². The summed E-state index contributed by atoms with van der Waals surface area (Å²) in [5, 5.41) is 9.13. The maximum absolute atomic E-state index is 12.7. The van der Waals surface area contributed by atoms with Crippen LogP contribution in [0.3, 0.4) is 0 Å². The third-order valence-corrected chi connectivity index (χ3v) is 7.62. The molecule has 9 heteroatoms. The van der Waals surface area contributed by atoms with Crippen molar-refractivity contribution in [2.24, 2.45) is 0 Å². The Morgan fingerprint density at radius 3 is 2.71 bits per heavy atom. The van der Waals surface area contributed by atoms with Crippen LogP contribution in [0.25, 0.3) is 0 Å². The van der Waals surface area contributed by atoms with Crippen LogP contribution in [0.5, 0.6) is 0 Å². The molecule has 0 bridgehead atoms. The summed E-state index contributed by atoms with van der Waals surface area (Å²) in [6.45, 7) is -0.176. The van der Waals surface area contributed by atoms with Crippen molar-refractivity contribution in [2.45, 2.75) is 30.2 Å². The first-order chi connectivity index (χ1) is 9.91. The van der Waals surface area contributed by atoms with Gasteiger partial charge in [0, 0.05) is 12.6 Å². The molecule has 1 saturated carbocycles. The predicted octanol–water partition coefficient (Wildman–Crippen LogP) is 1.83. The number of thiophene rings is 1. The first-order valence-electron chi connectivity index (χ1n) is 6.42. The molecule has 1 aliphatic rings. The van der Waals surface area contributed by atoms with Gasteiger partial charge in [0.15, 0.2) is 0 Å². The van der Waals surface area contributed by atoms with E-state index < -0.39 is 16.0 Å². The lowest BCUT2D eigenvalue weighted by atomic mass is 9.93. The summed E-state index contributed by atoms with van der Waals surface area (Å²) in [5.74, 6) is -0.570. The molecule has 1 aromatic rings. The predicted molar refractivity (Wildman–Crippen MR) is 82.0 cm³/mol. The van der Waals surface area contributed by atoms with E-state index in [1.165, 1.54) is 17.5 Å². The molecule has 0 spiro atoms. The fraction of sp³-hybridized carbons (Fsp3) is 0.583. The van der Waals surface area contributed by atoms with Crippen molar-refractivity contribution in [2.75, 3.05) is 20.3 Å². The van der Waals surface area contributed by atoms with Crippen LogP contribution in [0.4, 0.5) is 0 Å². The third kappa shape index (κ3) is 3.31. The number of hydrogen-bond acceptors (Lipinski definition) is 6. The molecule has 1 aliphatic carbocycles. The van der Waals surface area contributed by atoms with E-state index in [-0.39, 0.29) is 29.0 Å². The lowest BCUT2D eigenvalue weighted by Gasteiger charge is -2.36. The average Bonchev–Trinajstić information content (AvgIpc) is 2.78. The highest BCUT2D eigenvalue weighted by Crippen LogP contribution is 2.37. The van der Waals surface area contributed by atoms with Crippen molar-refractivity contribution in [3.63, 3.8) is 0 Å². The lowest BCUT2D eigenvalue weighted by Crippen LogP contribution is -2.45. The fourth-order valence-electron chi connectivity index (χ4n) is 2.13. The number of aliphatic hydroxyl groups excluding tert-OH is 1. The molecule has 0 aliphatic heterocycles. The third-order valence-electron chi connectivity index (χ3n) is 3.43. The monoisotopic (exact) mass is 397 g/mol. The van der Waals surface area contributed by atoms with Crippen molar-refractivity contribution in [3.8, 4) is 0 Å². The van der Waals surface area contributed by atoms with Gasteiger partial charge < -0.3 is 9.84 Å². The Morgan fingerprint density at radius 1 is 1.57 bits per heavy atom. The van der Waals surface area contributed by atoms with E-state index in [2.05, 4.69) is 20.7 Å². The second-order valence-electron chi connectivity index (χ2n) is 4.66. The normalized spacial score (nSPS) is 16.0. The summed E-state index contributed by atoms with van der Waals surface area (Å²) < 4.78 is 31.8. The minimum atomic E-state index is -3.75. The summed E-state index contributed by atoms with van der Waals surface area (Å²) in [6.07, 6.45) is 2.58. The Morgan fingerprint density at radius 2 is 2.24 bits per heavy atom. The maximum Gasteiger partial charge on any atom is 0.348 e. The molecule has 0 atom stereocenters. The molecule has 0 radical (unpaired) electrons. The molecule has 1 N–H and O–H groups in total. The highest BCUT2D eigenvalue weighted by Gasteiger charge is 2.36. The summed E-state index contributed by atoms with van der Waals surface area (Å²) in [4.78, 5) is 11.8. The highest BCUT2D eigenvalue weighted by molar-refractivity contribution is 9.11. The van der Waals surface area contributed by atoms with Gasteiger partial charge >= 0.3 is 5.97 Å². The van der Waals surface area contributed by atoms with E-state index in [0.717, 1.165) is 30.6 Å². The minimum Gasteiger partial charge on any atom is -0.465 e. The summed E-state index contributed by atoms with van der Waals surface area (Å²) in [5.41, 5.74) is 0. The van der Waals surface area contributed by atoms with E-state index in [0.29, 0.717) is 3.79 Å². The van der Waals surface area contributed by atoms with Gasteiger partial charge in [0.2, 0.25) is 10.0 Å². The largest absolute Gasteiger partial charge is 0.465 e. The van der Waals surface area contributed by atoms with Gasteiger partial charge in [0.25, 0.3) is 0 Å². The second kappa shape index (κ2) is 6.74. The molecule has 118 valence electrons. The van der Waals surface area contributed by atoms with Gasteiger partial charge in [0.1, 0.15) is 9.77 Å². The fourth-order valence-corrected chi connectivity index (χ4v) is 6.24. The topological polar surface area (TPSA) is 83.9 Å². The first-order valence-corrected chi connectivity index (χ1v) is 9.47. The zero-order chi connectivity index (χ0) is 15.6. The number of halogens is 1. The Balaban J connectivity index is 2.37. The van der Waals surface area contributed by atoms with Crippen LogP contribution in [0.2, 0.25) is 0 Å². The number of esters is 1. The number of carbonyl (C=O) groups excluding carboxylic acids is 1. The smallest absolute Gasteiger partial charge is 0.348 e. The Bertz CT molecular complexity index is 624. The molecule has 0 aromatic carbocycles. The van der Waals surface area contributed by atoms with Crippen molar-refractivity contribution in [1.29, 1.82) is 0 Å². The van der Waals surface area contributed by atoms with Gasteiger partial charge in [-0.3, -0.25) is 0 Å². The van der Waals surface area contributed by atoms with Crippen LogP contribution in [0.15, 0.2) is 14.7 Å². The number of methoxy groups -OCH3 is 1. The zero-order valence-corrected chi connectivity index (χ0v) is 14.6. The number of rotatable bonds is 6. The van der Waals surface area contributed by atoms with Crippen LogP contribution < -0.4 is 0 Å². The van der Waals surface area contributed by atoms with E-state index >= 15 is 0 Å². The van der Waals surface area contributed by atoms with E-state index in [4.69, 9.17) is 5.11 Å². The molecular formula is C12H16BrNO5S2. The molecule has 1 aromatic heterocycles. The van der Waals surface area contributed by atoms with Crippen molar-refractivity contribution < 1.29 is 23.1 Å². The lowest BCUT2D eigenvalue weighted by molar-refractivity contribution is 0.0606. The quantitative estimate of drug-likeness (QED) is 0.740. The van der Waals surface area contributed by atoms with Gasteiger partial charge in [0.05, 0.1) is 17.5 Å². The molecule has 0 saturated heterocycles. The minimum absolute atomic E-state index is 0.0493. The number of carbonyl (C=O) groups is 1. The molecule has 1 heterocycles. The van der Waals surface area contributed by atoms with Crippen LogP contribution in [-0.2, 0) is 14.8 Å². The summed E-state index contributed by atoms with van der Waals surface area (Å²) in [6, 6.07) is 1.24. The SMILES string of the molecule is COC(=O)c1cc(S(=O)(=O)N(CCO)C2CCC2)c(Br)s1. The molecule has 1 fully saturated rings. The Labute approximate surface area is 135 Å². The standard InChI is InChI=1S/C12H16BrNO5S2/c1-19-12(16)9-7-10(11(13)20-9)21(17,18)14(5-6-15)8-3-2-4-8/h7-8,15H,2-6H2,1H3. The first kappa shape index (κ1) is 16.9. The van der Waals surface area contributed by atoms with E-state index in [1.807, 2.05) is 0 Å². The number of ether oxygens (including phenoxy) is 1. The van der Waals surface area contributed by atoms with Gasteiger partial charge in [-0.05, 0) is 34.8 Å². The second-order valence-corrected chi connectivity index (χ2v) is 8.89. The Hall–Kier alpha value is -0.480. The number of sulfonamides is 1. The summed E-state index contributed by atoms with van der Waals surface area (Å²) in [7, 11) is -2.50. The van der Waals surface area contributed by atoms with Crippen molar-refractivity contribution >= 4 is 43.3 Å². The van der Waals surface area contributed by atoms with Crippen LogP contribution in [-0.4, -0.2) is 50.1 Å². The molecule has 0 amide bonds. The van der Waals surface area contributed by atoms with Crippen LogP contribution >= 0.6 is 27.3 Å². The molecule has 21 heavy (non-hydrogen) atoms. The molecular weight excluding hydrogens is 382 g/mol. The van der Waals surface area contributed by atoms with E-state index in [9.17, 15) is 13.2 Å². The van der Waals surface area contributed by atoms with Gasteiger partial charge in [-0.25, -0.2) is 13.2 Å². The highest BCUT2D eigenvalue weighted by atomic mass is 79.9. The molecule has 6 nitrogen and oxygen atoms in total. The molecule has 0 unspecified atom stereocenters. The number of hydrogen-bond donors (Lipinski definition) is 1.